The van der Waals surface area contributed by atoms with Crippen molar-refractivity contribution < 1.29 is 4.48 Å². The van der Waals surface area contributed by atoms with Gasteiger partial charge in [-0.25, -0.2) is 0 Å². The normalized spacial score (nSPS) is 7.00. The molecule has 2 heteroatoms. The van der Waals surface area contributed by atoms with Gasteiger partial charge in [-0.05, 0) is 5.92 Å². The van der Waals surface area contributed by atoms with Crippen LogP contribution in [0.1, 0.15) is 20.8 Å². The molecule has 0 aliphatic heterocycles. The highest BCUT2D eigenvalue weighted by Crippen LogP contribution is 1.81. The van der Waals surface area contributed by atoms with Crippen molar-refractivity contribution in [3.05, 3.63) is 0 Å². The summed E-state index contributed by atoms with van der Waals surface area (Å²) >= 11 is 0. The van der Waals surface area contributed by atoms with Gasteiger partial charge in [-0.15, -0.1) is 4.48 Å². The molecule has 40 valence electrons. The summed E-state index contributed by atoms with van der Waals surface area (Å²) < 4.78 is 9.00. The van der Waals surface area contributed by atoms with Crippen LogP contribution in [0.2, 0.25) is 0 Å². The molecule has 0 rings (SSSR count). The minimum Gasteiger partial charge on any atom is -0.172 e. The first kappa shape index (κ1) is 9.31. The Balaban J connectivity index is 0. The molecule has 6 heavy (non-hydrogen) atoms. The molecule has 0 aromatic rings. The lowest BCUT2D eigenvalue weighted by Crippen LogP contribution is -1.66. The highest BCUT2D eigenvalue weighted by Gasteiger charge is 1.68. The predicted molar refractivity (Wildman–Crippen MR) is 25.8 cm³/mol. The molecule has 0 heterocycles. The Labute approximate surface area is 38.3 Å². The standard InChI is InChI=1S/C4H10.FH2N/c1-4(2)3;1-2/h4H,1-3H3;2H2. The fourth-order valence-corrected chi connectivity index (χ4v) is 0. The van der Waals surface area contributed by atoms with E-state index < -0.39 is 0 Å². The first-order valence-corrected chi connectivity index (χ1v) is 1.95. The van der Waals surface area contributed by atoms with E-state index in [0.29, 0.717) is 0 Å². The van der Waals surface area contributed by atoms with Crippen LogP contribution >= 0.6 is 0 Å². The fraction of sp³-hybridized carbons (Fsp3) is 1.00. The minimum atomic E-state index is 0.833. The van der Waals surface area contributed by atoms with Crippen LogP contribution < -0.4 is 5.96 Å². The highest BCUT2D eigenvalue weighted by molar-refractivity contribution is 4.20. The van der Waals surface area contributed by atoms with Gasteiger partial charge >= 0.3 is 0 Å². The lowest BCUT2D eigenvalue weighted by molar-refractivity contribution is 0.530. The maximum atomic E-state index is 9.00. The zero-order chi connectivity index (χ0) is 5.58. The molecule has 2 N–H and O–H groups in total. The third-order valence-electron chi connectivity index (χ3n) is 0. The fourth-order valence-electron chi connectivity index (χ4n) is 0. The number of hydrogen-bond acceptors (Lipinski definition) is 1. The molecular weight excluding hydrogens is 81.0 g/mol. The average molecular weight is 93.1 g/mol. The largest absolute Gasteiger partial charge is 0.172 e. The van der Waals surface area contributed by atoms with Gasteiger partial charge < -0.3 is 0 Å². The van der Waals surface area contributed by atoms with Gasteiger partial charge in [0.2, 0.25) is 0 Å². The maximum Gasteiger partial charge on any atom is -0.0500 e. The minimum absolute atomic E-state index is 0.833. The van der Waals surface area contributed by atoms with Crippen molar-refractivity contribution in [1.29, 1.82) is 0 Å². The maximum absolute atomic E-state index is 9.00. The van der Waals surface area contributed by atoms with Crippen LogP contribution in [0, 0.1) is 5.92 Å². The van der Waals surface area contributed by atoms with Crippen molar-refractivity contribution in [1.82, 2.24) is 0 Å². The Hall–Kier alpha value is -0.110. The lowest BCUT2D eigenvalue weighted by atomic mass is 10.3. The van der Waals surface area contributed by atoms with Gasteiger partial charge in [-0.2, -0.15) is 5.96 Å². The first-order valence-electron chi connectivity index (χ1n) is 1.95. The molecule has 0 aromatic carbocycles. The number of hydrogen-bond donors (Lipinski definition) is 1. The quantitative estimate of drug-likeness (QED) is 0.451. The number of nitrogens with two attached hydrogens (primary N) is 1. The predicted octanol–water partition coefficient (Wildman–Crippen LogP) is 1.49. The van der Waals surface area contributed by atoms with Crippen LogP contribution in [-0.2, 0) is 0 Å². The van der Waals surface area contributed by atoms with Gasteiger partial charge in [0.15, 0.2) is 0 Å². The van der Waals surface area contributed by atoms with Crippen molar-refractivity contribution >= 4 is 0 Å². The van der Waals surface area contributed by atoms with Crippen LogP contribution in [0.25, 0.3) is 0 Å². The summed E-state index contributed by atoms with van der Waals surface area (Å²) in [6.45, 7) is 6.50. The van der Waals surface area contributed by atoms with E-state index >= 15 is 0 Å². The molecular formula is C4H12FN. The number of rotatable bonds is 0. The van der Waals surface area contributed by atoms with E-state index in [0.717, 1.165) is 5.92 Å². The molecule has 0 bridgehead atoms. The highest BCUT2D eigenvalue weighted by atomic mass is 19.2. The van der Waals surface area contributed by atoms with Crippen LogP contribution in [0.4, 0.5) is 4.48 Å². The van der Waals surface area contributed by atoms with Gasteiger partial charge in [0.1, 0.15) is 0 Å². The van der Waals surface area contributed by atoms with Gasteiger partial charge in [0, 0.05) is 0 Å². The molecule has 0 unspecified atom stereocenters. The second-order valence-corrected chi connectivity index (χ2v) is 1.73. The molecule has 0 aliphatic carbocycles. The molecule has 1 nitrogen and oxygen atoms in total. The van der Waals surface area contributed by atoms with E-state index in [1.807, 2.05) is 0 Å². The summed E-state index contributed by atoms with van der Waals surface area (Å²) in [5.41, 5.74) is 0. The van der Waals surface area contributed by atoms with Crippen molar-refractivity contribution in [2.24, 2.45) is 11.9 Å². The molecule has 0 radical (unpaired) electrons. The third kappa shape index (κ3) is 2690. The lowest BCUT2D eigenvalue weighted by Gasteiger charge is -1.79. The van der Waals surface area contributed by atoms with Crippen LogP contribution in [0.15, 0.2) is 0 Å². The molecule has 0 atom stereocenters. The Morgan fingerprint density at radius 3 is 1.17 bits per heavy atom. The van der Waals surface area contributed by atoms with Crippen molar-refractivity contribution in [2.75, 3.05) is 0 Å². The molecule has 0 saturated carbocycles. The zero-order valence-electron chi connectivity index (χ0n) is 4.53. The van der Waals surface area contributed by atoms with Gasteiger partial charge in [0.25, 0.3) is 0 Å². The molecule has 0 spiro atoms. The van der Waals surface area contributed by atoms with Gasteiger partial charge in [0.05, 0.1) is 0 Å². The van der Waals surface area contributed by atoms with Crippen molar-refractivity contribution in [3.63, 3.8) is 0 Å². The van der Waals surface area contributed by atoms with E-state index in [1.54, 1.807) is 0 Å². The molecule has 0 aliphatic rings. The summed E-state index contributed by atoms with van der Waals surface area (Å²) in [5, 5.41) is 0. The summed E-state index contributed by atoms with van der Waals surface area (Å²) in [6.07, 6.45) is 0. The van der Waals surface area contributed by atoms with Crippen LogP contribution in [0.3, 0.4) is 0 Å². The smallest absolute Gasteiger partial charge is 0.0500 e. The first-order chi connectivity index (χ1) is 2.73. The zero-order valence-corrected chi connectivity index (χ0v) is 4.53. The summed E-state index contributed by atoms with van der Waals surface area (Å²) in [6, 6.07) is 0. The van der Waals surface area contributed by atoms with E-state index in [-0.39, 0.29) is 0 Å². The Morgan fingerprint density at radius 2 is 1.17 bits per heavy atom. The van der Waals surface area contributed by atoms with Crippen molar-refractivity contribution in [2.45, 2.75) is 20.8 Å². The van der Waals surface area contributed by atoms with Crippen molar-refractivity contribution in [3.8, 4) is 0 Å². The molecule has 0 aromatic heterocycles. The Bertz CT molecular complexity index is 12.3. The third-order valence-corrected chi connectivity index (χ3v) is 0. The van der Waals surface area contributed by atoms with Crippen LogP contribution in [-0.4, -0.2) is 0 Å². The number of halogens is 1. The second kappa shape index (κ2) is 8.86. The van der Waals surface area contributed by atoms with Crippen LogP contribution in [0.5, 0.6) is 0 Å². The average Bonchev–Trinajstić information content (AvgIpc) is 1.41. The molecule has 0 amide bonds. The summed E-state index contributed by atoms with van der Waals surface area (Å²) in [5.74, 6) is 3.83. The van der Waals surface area contributed by atoms with Gasteiger partial charge in [-0.1, -0.05) is 20.8 Å². The second-order valence-electron chi connectivity index (χ2n) is 1.73. The van der Waals surface area contributed by atoms with E-state index in [1.165, 1.54) is 0 Å². The van der Waals surface area contributed by atoms with E-state index in [2.05, 4.69) is 26.7 Å². The topological polar surface area (TPSA) is 26.0 Å². The van der Waals surface area contributed by atoms with E-state index in [4.69, 9.17) is 4.48 Å². The monoisotopic (exact) mass is 93.1 g/mol. The summed E-state index contributed by atoms with van der Waals surface area (Å²) in [7, 11) is 0. The Kier molecular flexibility index (Phi) is 13.7. The SMILES string of the molecule is CC(C)C.NF. The molecule has 0 saturated heterocycles. The molecule has 0 fully saturated rings. The van der Waals surface area contributed by atoms with E-state index in [9.17, 15) is 0 Å². The Morgan fingerprint density at radius 1 is 1.17 bits per heavy atom. The van der Waals surface area contributed by atoms with Gasteiger partial charge in [-0.3, -0.25) is 0 Å². The summed E-state index contributed by atoms with van der Waals surface area (Å²) in [4.78, 5) is 0.